The lowest BCUT2D eigenvalue weighted by Crippen LogP contribution is -2.29. The molecule has 1 saturated heterocycles. The number of benzene rings is 1. The highest BCUT2D eigenvalue weighted by Crippen LogP contribution is 2.35. The minimum Gasteiger partial charge on any atom is -0.454 e. The van der Waals surface area contributed by atoms with Crippen LogP contribution < -0.4 is 9.47 Å². The maximum atomic E-state index is 5.45. The molecule has 2 aliphatic heterocycles. The predicted octanol–water partition coefficient (Wildman–Crippen LogP) is 2.32. The smallest absolute Gasteiger partial charge is 0.241 e. The molecule has 0 saturated carbocycles. The minimum absolute atomic E-state index is 0.257. The Labute approximate surface area is 140 Å². The van der Waals surface area contributed by atoms with Crippen molar-refractivity contribution >= 4 is 0 Å². The van der Waals surface area contributed by atoms with E-state index >= 15 is 0 Å². The SMILES string of the molecule is CCN(Cc1nc(-c2ccc3c(c2)OCO3)no1)C[C@@H]1CCOC1. The Morgan fingerprint density at radius 2 is 2.17 bits per heavy atom. The number of rotatable bonds is 6. The summed E-state index contributed by atoms with van der Waals surface area (Å²) >= 11 is 0. The van der Waals surface area contributed by atoms with Gasteiger partial charge in [-0.25, -0.2) is 0 Å². The molecule has 1 aromatic carbocycles. The van der Waals surface area contributed by atoms with Crippen molar-refractivity contribution in [2.24, 2.45) is 5.92 Å². The first-order valence-electron chi connectivity index (χ1n) is 8.34. The van der Waals surface area contributed by atoms with Crippen LogP contribution in [-0.2, 0) is 11.3 Å². The highest BCUT2D eigenvalue weighted by Gasteiger charge is 2.21. The molecule has 0 radical (unpaired) electrons. The molecule has 128 valence electrons. The van der Waals surface area contributed by atoms with Crippen LogP contribution in [0.5, 0.6) is 11.5 Å². The summed E-state index contributed by atoms with van der Waals surface area (Å²) in [5.74, 6) is 3.27. The van der Waals surface area contributed by atoms with Gasteiger partial charge in [0.15, 0.2) is 11.5 Å². The van der Waals surface area contributed by atoms with Crippen molar-refractivity contribution in [3.8, 4) is 22.9 Å². The van der Waals surface area contributed by atoms with Crippen LogP contribution in [0.15, 0.2) is 22.7 Å². The van der Waals surface area contributed by atoms with Crippen LogP contribution in [0.25, 0.3) is 11.4 Å². The maximum absolute atomic E-state index is 5.45. The van der Waals surface area contributed by atoms with Crippen LogP contribution in [0, 0.1) is 5.92 Å². The van der Waals surface area contributed by atoms with Gasteiger partial charge in [0.1, 0.15) is 0 Å². The summed E-state index contributed by atoms with van der Waals surface area (Å²) in [6.07, 6.45) is 1.13. The fourth-order valence-corrected chi connectivity index (χ4v) is 3.06. The number of ether oxygens (including phenoxy) is 3. The molecule has 0 N–H and O–H groups in total. The molecular weight excluding hydrogens is 310 g/mol. The first-order chi connectivity index (χ1) is 11.8. The second kappa shape index (κ2) is 6.78. The highest BCUT2D eigenvalue weighted by molar-refractivity contribution is 5.61. The average molecular weight is 331 g/mol. The summed E-state index contributed by atoms with van der Waals surface area (Å²) in [6.45, 7) is 6.72. The monoisotopic (exact) mass is 331 g/mol. The van der Waals surface area contributed by atoms with E-state index in [0.29, 0.717) is 24.2 Å². The molecule has 3 heterocycles. The Hall–Kier alpha value is -2.12. The molecule has 1 aromatic heterocycles. The minimum atomic E-state index is 0.257. The van der Waals surface area contributed by atoms with Crippen LogP contribution in [0.2, 0.25) is 0 Å². The van der Waals surface area contributed by atoms with Crippen molar-refractivity contribution in [3.05, 3.63) is 24.1 Å². The van der Waals surface area contributed by atoms with E-state index in [4.69, 9.17) is 18.7 Å². The summed E-state index contributed by atoms with van der Waals surface area (Å²) in [5.41, 5.74) is 0.862. The van der Waals surface area contributed by atoms with Crippen LogP contribution >= 0.6 is 0 Å². The Morgan fingerprint density at radius 3 is 3.00 bits per heavy atom. The molecule has 0 unspecified atom stereocenters. The second-order valence-corrected chi connectivity index (χ2v) is 6.14. The summed E-state index contributed by atoms with van der Waals surface area (Å²) in [7, 11) is 0. The van der Waals surface area contributed by atoms with E-state index in [0.717, 1.165) is 49.8 Å². The molecule has 7 nitrogen and oxygen atoms in total. The fourth-order valence-electron chi connectivity index (χ4n) is 3.06. The molecule has 2 aliphatic rings. The summed E-state index contributed by atoms with van der Waals surface area (Å²) in [4.78, 5) is 6.84. The number of fused-ring (bicyclic) bond motifs is 1. The van der Waals surface area contributed by atoms with Gasteiger partial charge in [0, 0.05) is 18.7 Å². The molecule has 4 rings (SSSR count). The Bertz CT molecular complexity index is 697. The summed E-state index contributed by atoms with van der Waals surface area (Å²) < 4.78 is 21.6. The lowest BCUT2D eigenvalue weighted by molar-refractivity contribution is 0.160. The summed E-state index contributed by atoms with van der Waals surface area (Å²) in [6, 6.07) is 5.66. The molecular formula is C17H21N3O4. The lowest BCUT2D eigenvalue weighted by Gasteiger charge is -2.21. The van der Waals surface area contributed by atoms with Gasteiger partial charge in [-0.2, -0.15) is 4.98 Å². The molecule has 0 bridgehead atoms. The van der Waals surface area contributed by atoms with E-state index in [1.54, 1.807) is 0 Å². The summed E-state index contributed by atoms with van der Waals surface area (Å²) in [5, 5.41) is 4.10. The standard InChI is InChI=1S/C17H21N3O4/c1-2-20(8-12-5-6-21-10-12)9-16-18-17(19-24-16)13-3-4-14-15(7-13)23-11-22-14/h3-4,7,12H,2,5-6,8-11H2,1H3/t12-/m0/s1. The van der Waals surface area contributed by atoms with Gasteiger partial charge in [0.25, 0.3) is 0 Å². The third-order valence-corrected chi connectivity index (χ3v) is 4.45. The largest absolute Gasteiger partial charge is 0.454 e. The van der Waals surface area contributed by atoms with Crippen molar-refractivity contribution in [1.82, 2.24) is 15.0 Å². The van der Waals surface area contributed by atoms with Crippen molar-refractivity contribution in [2.45, 2.75) is 19.9 Å². The third kappa shape index (κ3) is 3.22. The number of aromatic nitrogens is 2. The quantitative estimate of drug-likeness (QED) is 0.804. The second-order valence-electron chi connectivity index (χ2n) is 6.14. The predicted molar refractivity (Wildman–Crippen MR) is 85.7 cm³/mol. The zero-order chi connectivity index (χ0) is 16.4. The Morgan fingerprint density at radius 1 is 1.25 bits per heavy atom. The lowest BCUT2D eigenvalue weighted by atomic mass is 10.1. The molecule has 0 aliphatic carbocycles. The van der Waals surface area contributed by atoms with E-state index < -0.39 is 0 Å². The number of hydrogen-bond acceptors (Lipinski definition) is 7. The van der Waals surface area contributed by atoms with Crippen molar-refractivity contribution < 1.29 is 18.7 Å². The van der Waals surface area contributed by atoms with Gasteiger partial charge in [-0.3, -0.25) is 4.90 Å². The molecule has 1 fully saturated rings. The molecule has 1 atom stereocenters. The number of nitrogens with zero attached hydrogens (tertiary/aromatic N) is 3. The first kappa shape index (κ1) is 15.4. The zero-order valence-corrected chi connectivity index (χ0v) is 13.7. The van der Waals surface area contributed by atoms with Gasteiger partial charge in [-0.05, 0) is 37.1 Å². The Kier molecular flexibility index (Phi) is 4.36. The maximum Gasteiger partial charge on any atom is 0.241 e. The van der Waals surface area contributed by atoms with E-state index in [2.05, 4.69) is 22.0 Å². The average Bonchev–Trinajstić information content (AvgIpc) is 3.35. The zero-order valence-electron chi connectivity index (χ0n) is 13.7. The van der Waals surface area contributed by atoms with E-state index in [9.17, 15) is 0 Å². The van der Waals surface area contributed by atoms with Crippen LogP contribution in [0.4, 0.5) is 0 Å². The van der Waals surface area contributed by atoms with Crippen LogP contribution in [-0.4, -0.2) is 48.1 Å². The Balaban J connectivity index is 1.44. The molecule has 2 aromatic rings. The van der Waals surface area contributed by atoms with Crippen molar-refractivity contribution in [3.63, 3.8) is 0 Å². The number of hydrogen-bond donors (Lipinski definition) is 0. The van der Waals surface area contributed by atoms with Gasteiger partial charge in [0.05, 0.1) is 13.2 Å². The van der Waals surface area contributed by atoms with Gasteiger partial charge in [-0.1, -0.05) is 12.1 Å². The van der Waals surface area contributed by atoms with Crippen molar-refractivity contribution in [2.75, 3.05) is 33.1 Å². The van der Waals surface area contributed by atoms with Gasteiger partial charge < -0.3 is 18.7 Å². The van der Waals surface area contributed by atoms with Gasteiger partial charge in [0.2, 0.25) is 18.5 Å². The van der Waals surface area contributed by atoms with E-state index in [1.807, 2.05) is 18.2 Å². The topological polar surface area (TPSA) is 69.9 Å². The fraction of sp³-hybridized carbons (Fsp3) is 0.529. The van der Waals surface area contributed by atoms with Crippen LogP contribution in [0.3, 0.4) is 0 Å². The van der Waals surface area contributed by atoms with E-state index in [1.165, 1.54) is 0 Å². The van der Waals surface area contributed by atoms with Crippen molar-refractivity contribution in [1.29, 1.82) is 0 Å². The third-order valence-electron chi connectivity index (χ3n) is 4.45. The molecule has 0 amide bonds. The first-order valence-corrected chi connectivity index (χ1v) is 8.34. The van der Waals surface area contributed by atoms with Gasteiger partial charge >= 0.3 is 0 Å². The van der Waals surface area contributed by atoms with Gasteiger partial charge in [-0.15, -0.1) is 0 Å². The highest BCUT2D eigenvalue weighted by atomic mass is 16.7. The normalized spacial score (nSPS) is 19.3. The molecule has 0 spiro atoms. The molecule has 24 heavy (non-hydrogen) atoms. The van der Waals surface area contributed by atoms with E-state index in [-0.39, 0.29) is 6.79 Å². The molecule has 7 heteroatoms. The van der Waals surface area contributed by atoms with Crippen LogP contribution in [0.1, 0.15) is 19.2 Å².